The molecule has 0 spiro atoms. The van der Waals surface area contributed by atoms with Crippen LogP contribution in [0, 0.1) is 26.7 Å². The molecule has 1 fully saturated rings. The standard InChI is InChI=1S/C18H29N/c1-12-10-13(2)18(14(3)11-12)16(5)19-15(4)17-8-6-7-9-17/h10-11,15-17,19H,6-9H2,1-5H3. The Labute approximate surface area is 118 Å². The summed E-state index contributed by atoms with van der Waals surface area (Å²) in [6, 6.07) is 5.70. The van der Waals surface area contributed by atoms with Gasteiger partial charge in [0.05, 0.1) is 0 Å². The summed E-state index contributed by atoms with van der Waals surface area (Å²) in [5, 5.41) is 3.84. The van der Waals surface area contributed by atoms with Crippen molar-refractivity contribution in [1.29, 1.82) is 0 Å². The maximum Gasteiger partial charge on any atom is 0.0299 e. The van der Waals surface area contributed by atoms with Crippen LogP contribution in [0.4, 0.5) is 0 Å². The van der Waals surface area contributed by atoms with Crippen molar-refractivity contribution in [2.24, 2.45) is 5.92 Å². The van der Waals surface area contributed by atoms with Crippen LogP contribution in [0.15, 0.2) is 12.1 Å². The van der Waals surface area contributed by atoms with Crippen molar-refractivity contribution >= 4 is 0 Å². The van der Waals surface area contributed by atoms with E-state index in [-0.39, 0.29) is 0 Å². The summed E-state index contributed by atoms with van der Waals surface area (Å²) in [5.74, 6) is 0.883. The van der Waals surface area contributed by atoms with Gasteiger partial charge in [-0.25, -0.2) is 0 Å². The number of nitrogens with one attached hydrogen (secondary N) is 1. The first-order valence-electron chi connectivity index (χ1n) is 7.83. The van der Waals surface area contributed by atoms with Crippen molar-refractivity contribution in [3.63, 3.8) is 0 Å². The molecule has 0 aromatic heterocycles. The van der Waals surface area contributed by atoms with Gasteiger partial charge < -0.3 is 5.32 Å². The summed E-state index contributed by atoms with van der Waals surface area (Å²) in [6.45, 7) is 11.4. The van der Waals surface area contributed by atoms with Crippen LogP contribution in [0.25, 0.3) is 0 Å². The summed E-state index contributed by atoms with van der Waals surface area (Å²) in [7, 11) is 0. The Morgan fingerprint density at radius 2 is 1.53 bits per heavy atom. The fourth-order valence-corrected chi connectivity index (χ4v) is 3.95. The van der Waals surface area contributed by atoms with Crippen LogP contribution in [-0.4, -0.2) is 6.04 Å². The van der Waals surface area contributed by atoms with E-state index in [0.717, 1.165) is 5.92 Å². The van der Waals surface area contributed by atoms with Crippen LogP contribution < -0.4 is 5.32 Å². The molecular weight excluding hydrogens is 230 g/mol. The van der Waals surface area contributed by atoms with Crippen molar-refractivity contribution in [3.05, 3.63) is 34.4 Å². The fourth-order valence-electron chi connectivity index (χ4n) is 3.95. The van der Waals surface area contributed by atoms with E-state index in [9.17, 15) is 0 Å². The van der Waals surface area contributed by atoms with Crippen LogP contribution in [0.1, 0.15) is 67.8 Å². The van der Waals surface area contributed by atoms with Gasteiger partial charge in [-0.15, -0.1) is 0 Å². The largest absolute Gasteiger partial charge is 0.307 e. The molecule has 2 rings (SSSR count). The lowest BCUT2D eigenvalue weighted by molar-refractivity contribution is 0.352. The van der Waals surface area contributed by atoms with Crippen molar-refractivity contribution in [3.8, 4) is 0 Å². The van der Waals surface area contributed by atoms with Crippen LogP contribution in [0.5, 0.6) is 0 Å². The quantitative estimate of drug-likeness (QED) is 0.815. The zero-order valence-corrected chi connectivity index (χ0v) is 13.2. The molecule has 0 heterocycles. The van der Waals surface area contributed by atoms with Gasteiger partial charge in [-0.3, -0.25) is 0 Å². The second-order valence-electron chi connectivity index (χ2n) is 6.53. The monoisotopic (exact) mass is 259 g/mol. The average Bonchev–Trinajstić information content (AvgIpc) is 2.80. The third-order valence-corrected chi connectivity index (χ3v) is 4.79. The Morgan fingerprint density at radius 1 is 1.00 bits per heavy atom. The molecule has 0 amide bonds. The maximum absolute atomic E-state index is 3.84. The Morgan fingerprint density at radius 3 is 2.05 bits per heavy atom. The highest BCUT2D eigenvalue weighted by Crippen LogP contribution is 2.30. The van der Waals surface area contributed by atoms with E-state index in [1.54, 1.807) is 0 Å². The van der Waals surface area contributed by atoms with Crippen LogP contribution in [0.2, 0.25) is 0 Å². The van der Waals surface area contributed by atoms with Crippen LogP contribution >= 0.6 is 0 Å². The summed E-state index contributed by atoms with van der Waals surface area (Å²) in [6.07, 6.45) is 5.67. The predicted molar refractivity (Wildman–Crippen MR) is 83.6 cm³/mol. The third kappa shape index (κ3) is 3.39. The van der Waals surface area contributed by atoms with E-state index < -0.39 is 0 Å². The second kappa shape index (κ2) is 6.09. The SMILES string of the molecule is Cc1cc(C)c(C(C)NC(C)C2CCCC2)c(C)c1. The molecule has 2 unspecified atom stereocenters. The number of hydrogen-bond donors (Lipinski definition) is 1. The van der Waals surface area contributed by atoms with Gasteiger partial charge in [0.25, 0.3) is 0 Å². The van der Waals surface area contributed by atoms with Crippen molar-refractivity contribution < 1.29 is 0 Å². The molecule has 1 aliphatic rings. The zero-order valence-electron chi connectivity index (χ0n) is 13.2. The minimum Gasteiger partial charge on any atom is -0.307 e. The van der Waals surface area contributed by atoms with Gasteiger partial charge in [-0.05, 0) is 70.1 Å². The highest BCUT2D eigenvalue weighted by Gasteiger charge is 2.23. The molecular formula is C18H29N. The first-order chi connectivity index (χ1) is 8.99. The van der Waals surface area contributed by atoms with E-state index in [1.165, 1.54) is 47.9 Å². The van der Waals surface area contributed by atoms with E-state index in [2.05, 4.69) is 52.1 Å². The predicted octanol–water partition coefficient (Wildman–Crippen LogP) is 4.84. The summed E-state index contributed by atoms with van der Waals surface area (Å²) in [5.41, 5.74) is 5.72. The molecule has 1 nitrogen and oxygen atoms in total. The second-order valence-corrected chi connectivity index (χ2v) is 6.53. The average molecular weight is 259 g/mol. The Balaban J connectivity index is 2.09. The lowest BCUT2D eigenvalue weighted by Gasteiger charge is -2.27. The van der Waals surface area contributed by atoms with E-state index in [4.69, 9.17) is 0 Å². The Kier molecular flexibility index (Phi) is 4.67. The molecule has 0 aliphatic heterocycles. The van der Waals surface area contributed by atoms with Crippen LogP contribution in [-0.2, 0) is 0 Å². The van der Waals surface area contributed by atoms with E-state index in [1.807, 2.05) is 0 Å². The van der Waals surface area contributed by atoms with Gasteiger partial charge in [0.2, 0.25) is 0 Å². The summed E-state index contributed by atoms with van der Waals surface area (Å²) in [4.78, 5) is 0. The van der Waals surface area contributed by atoms with Gasteiger partial charge in [0.15, 0.2) is 0 Å². The topological polar surface area (TPSA) is 12.0 Å². The van der Waals surface area contributed by atoms with Gasteiger partial charge in [-0.2, -0.15) is 0 Å². The molecule has 2 atom stereocenters. The van der Waals surface area contributed by atoms with E-state index in [0.29, 0.717) is 12.1 Å². The molecule has 1 aromatic carbocycles. The highest BCUT2D eigenvalue weighted by molar-refractivity contribution is 5.39. The molecule has 1 aliphatic carbocycles. The van der Waals surface area contributed by atoms with Gasteiger partial charge in [-0.1, -0.05) is 30.5 Å². The van der Waals surface area contributed by atoms with Gasteiger partial charge in [0.1, 0.15) is 0 Å². The first kappa shape index (κ1) is 14.6. The molecule has 1 heteroatoms. The molecule has 19 heavy (non-hydrogen) atoms. The molecule has 1 saturated carbocycles. The van der Waals surface area contributed by atoms with Crippen molar-refractivity contribution in [1.82, 2.24) is 5.32 Å². The zero-order chi connectivity index (χ0) is 14.0. The lowest BCUT2D eigenvalue weighted by atomic mass is 9.92. The Bertz CT molecular complexity index is 406. The summed E-state index contributed by atoms with van der Waals surface area (Å²) < 4.78 is 0. The Hall–Kier alpha value is -0.820. The van der Waals surface area contributed by atoms with Gasteiger partial charge in [0, 0.05) is 12.1 Å². The molecule has 0 radical (unpaired) electrons. The number of aryl methyl sites for hydroxylation is 3. The molecule has 0 saturated heterocycles. The number of rotatable bonds is 4. The molecule has 1 aromatic rings. The molecule has 106 valence electrons. The molecule has 0 bridgehead atoms. The molecule has 1 N–H and O–H groups in total. The fraction of sp³-hybridized carbons (Fsp3) is 0.667. The number of benzene rings is 1. The van der Waals surface area contributed by atoms with Gasteiger partial charge >= 0.3 is 0 Å². The van der Waals surface area contributed by atoms with Crippen molar-refractivity contribution in [2.75, 3.05) is 0 Å². The highest BCUT2D eigenvalue weighted by atomic mass is 14.9. The normalized spacial score (nSPS) is 19.6. The van der Waals surface area contributed by atoms with E-state index >= 15 is 0 Å². The maximum atomic E-state index is 3.84. The minimum atomic E-state index is 0.455. The van der Waals surface area contributed by atoms with Crippen LogP contribution in [0.3, 0.4) is 0 Å². The number of hydrogen-bond acceptors (Lipinski definition) is 1. The smallest absolute Gasteiger partial charge is 0.0299 e. The van der Waals surface area contributed by atoms with Crippen molar-refractivity contribution in [2.45, 2.75) is 72.4 Å². The lowest BCUT2D eigenvalue weighted by Crippen LogP contribution is -2.34. The first-order valence-corrected chi connectivity index (χ1v) is 7.83. The third-order valence-electron chi connectivity index (χ3n) is 4.79. The minimum absolute atomic E-state index is 0.455. The summed E-state index contributed by atoms with van der Waals surface area (Å²) >= 11 is 0.